The zero-order valence-electron chi connectivity index (χ0n) is 11.9. The van der Waals surface area contributed by atoms with Gasteiger partial charge in [-0.05, 0) is 25.6 Å². The maximum absolute atomic E-state index is 11.7. The molecular weight excluding hydrogens is 260 g/mol. The molecule has 0 atom stereocenters. The molecule has 0 aliphatic heterocycles. The first kappa shape index (κ1) is 16.1. The zero-order chi connectivity index (χ0) is 15.0. The summed E-state index contributed by atoms with van der Waals surface area (Å²) in [6.07, 6.45) is 0.752. The summed E-state index contributed by atoms with van der Waals surface area (Å²) in [4.78, 5) is 24.1. The molecule has 0 heterocycles. The molecule has 1 aromatic rings. The highest BCUT2D eigenvalue weighted by molar-refractivity contribution is 5.90. The van der Waals surface area contributed by atoms with Crippen molar-refractivity contribution in [1.29, 1.82) is 0 Å². The number of non-ortho nitro benzene ring substituents is 1. The normalized spacial score (nSPS) is 10.6. The topological polar surface area (TPSA) is 72.7 Å². The van der Waals surface area contributed by atoms with Gasteiger partial charge in [0.05, 0.1) is 17.1 Å². The number of hydrogen-bond acceptors (Lipinski definition) is 5. The SMILES string of the molecule is CCN(CC)CCCOC(=O)c1cccc([N+](=O)[O-])c1. The summed E-state index contributed by atoms with van der Waals surface area (Å²) in [6.45, 7) is 7.29. The van der Waals surface area contributed by atoms with E-state index in [-0.39, 0.29) is 11.3 Å². The Hall–Kier alpha value is -1.95. The lowest BCUT2D eigenvalue weighted by molar-refractivity contribution is -0.384. The van der Waals surface area contributed by atoms with E-state index in [0.29, 0.717) is 6.61 Å². The van der Waals surface area contributed by atoms with Gasteiger partial charge in [0, 0.05) is 18.7 Å². The van der Waals surface area contributed by atoms with Crippen LogP contribution in [0.5, 0.6) is 0 Å². The van der Waals surface area contributed by atoms with Crippen molar-refractivity contribution < 1.29 is 14.5 Å². The minimum atomic E-state index is -0.531. The minimum Gasteiger partial charge on any atom is -0.462 e. The number of benzene rings is 1. The van der Waals surface area contributed by atoms with E-state index in [2.05, 4.69) is 18.7 Å². The first-order valence-electron chi connectivity index (χ1n) is 6.72. The fourth-order valence-corrected chi connectivity index (χ4v) is 1.82. The lowest BCUT2D eigenvalue weighted by Crippen LogP contribution is -2.25. The number of hydrogen-bond donors (Lipinski definition) is 0. The first-order chi connectivity index (χ1) is 9.58. The number of nitro benzene ring substituents is 1. The molecule has 0 aliphatic rings. The molecule has 0 fully saturated rings. The molecule has 0 aliphatic carbocycles. The molecule has 0 unspecified atom stereocenters. The van der Waals surface area contributed by atoms with Gasteiger partial charge in [-0.3, -0.25) is 10.1 Å². The molecule has 0 radical (unpaired) electrons. The second kappa shape index (κ2) is 8.27. The van der Waals surface area contributed by atoms with Crippen LogP contribution in [0.3, 0.4) is 0 Å². The summed E-state index contributed by atoms with van der Waals surface area (Å²) in [7, 11) is 0. The Labute approximate surface area is 118 Å². The maximum Gasteiger partial charge on any atom is 0.338 e. The van der Waals surface area contributed by atoms with Gasteiger partial charge in [-0.1, -0.05) is 19.9 Å². The fraction of sp³-hybridized carbons (Fsp3) is 0.500. The van der Waals surface area contributed by atoms with Crippen LogP contribution in [0.1, 0.15) is 30.6 Å². The Bertz CT molecular complexity index is 458. The average molecular weight is 280 g/mol. The largest absolute Gasteiger partial charge is 0.462 e. The molecule has 0 saturated carbocycles. The van der Waals surface area contributed by atoms with E-state index in [1.165, 1.54) is 24.3 Å². The van der Waals surface area contributed by atoms with Crippen LogP contribution in [-0.4, -0.2) is 42.0 Å². The van der Waals surface area contributed by atoms with Crippen LogP contribution in [0, 0.1) is 10.1 Å². The predicted octanol–water partition coefficient (Wildman–Crippen LogP) is 2.48. The van der Waals surface area contributed by atoms with Crippen molar-refractivity contribution in [2.45, 2.75) is 20.3 Å². The van der Waals surface area contributed by atoms with E-state index in [1.54, 1.807) is 0 Å². The van der Waals surface area contributed by atoms with Gasteiger partial charge in [0.15, 0.2) is 0 Å². The Kier molecular flexibility index (Phi) is 6.66. The highest BCUT2D eigenvalue weighted by Crippen LogP contribution is 2.13. The minimum absolute atomic E-state index is 0.109. The summed E-state index contributed by atoms with van der Waals surface area (Å²) in [5, 5.41) is 10.6. The highest BCUT2D eigenvalue weighted by Gasteiger charge is 2.12. The van der Waals surface area contributed by atoms with E-state index in [4.69, 9.17) is 4.74 Å². The summed E-state index contributed by atoms with van der Waals surface area (Å²) in [5.74, 6) is -0.520. The van der Waals surface area contributed by atoms with Crippen LogP contribution in [0.15, 0.2) is 24.3 Å². The van der Waals surface area contributed by atoms with Gasteiger partial charge < -0.3 is 9.64 Å². The lowest BCUT2D eigenvalue weighted by atomic mass is 10.2. The van der Waals surface area contributed by atoms with Gasteiger partial charge in [0.2, 0.25) is 0 Å². The fourth-order valence-electron chi connectivity index (χ4n) is 1.82. The van der Waals surface area contributed by atoms with Gasteiger partial charge in [0.25, 0.3) is 5.69 Å². The van der Waals surface area contributed by atoms with Gasteiger partial charge >= 0.3 is 5.97 Å². The number of carbonyl (C=O) groups is 1. The number of rotatable bonds is 8. The molecule has 110 valence electrons. The van der Waals surface area contributed by atoms with Crippen LogP contribution in [0.2, 0.25) is 0 Å². The van der Waals surface area contributed by atoms with E-state index in [9.17, 15) is 14.9 Å². The van der Waals surface area contributed by atoms with Crippen LogP contribution in [0.25, 0.3) is 0 Å². The van der Waals surface area contributed by atoms with E-state index in [1.807, 2.05) is 0 Å². The molecule has 0 amide bonds. The molecule has 6 nitrogen and oxygen atoms in total. The molecule has 6 heteroatoms. The van der Waals surface area contributed by atoms with E-state index in [0.717, 1.165) is 26.1 Å². The monoisotopic (exact) mass is 280 g/mol. The second-order valence-corrected chi connectivity index (χ2v) is 4.32. The van der Waals surface area contributed by atoms with Gasteiger partial charge in [-0.2, -0.15) is 0 Å². The Morgan fingerprint density at radius 2 is 2.05 bits per heavy atom. The molecule has 0 N–H and O–H groups in total. The maximum atomic E-state index is 11.7. The van der Waals surface area contributed by atoms with E-state index >= 15 is 0 Å². The molecule has 1 aromatic carbocycles. The van der Waals surface area contributed by atoms with Crippen LogP contribution in [0.4, 0.5) is 5.69 Å². The summed E-state index contributed by atoms with van der Waals surface area (Å²) < 4.78 is 5.11. The lowest BCUT2D eigenvalue weighted by Gasteiger charge is -2.17. The first-order valence-corrected chi connectivity index (χ1v) is 6.72. The number of carbonyl (C=O) groups excluding carboxylic acids is 1. The van der Waals surface area contributed by atoms with Crippen molar-refractivity contribution >= 4 is 11.7 Å². The van der Waals surface area contributed by atoms with Crippen molar-refractivity contribution in [3.05, 3.63) is 39.9 Å². The van der Waals surface area contributed by atoms with Crippen LogP contribution < -0.4 is 0 Å². The van der Waals surface area contributed by atoms with E-state index < -0.39 is 10.9 Å². The van der Waals surface area contributed by atoms with Crippen molar-refractivity contribution in [3.8, 4) is 0 Å². The second-order valence-electron chi connectivity index (χ2n) is 4.32. The molecule has 0 bridgehead atoms. The zero-order valence-corrected chi connectivity index (χ0v) is 11.9. The molecule has 0 spiro atoms. The molecule has 0 aromatic heterocycles. The van der Waals surface area contributed by atoms with Crippen LogP contribution >= 0.6 is 0 Å². The molecule has 20 heavy (non-hydrogen) atoms. The van der Waals surface area contributed by atoms with Gasteiger partial charge in [-0.15, -0.1) is 0 Å². The Morgan fingerprint density at radius 1 is 1.35 bits per heavy atom. The Balaban J connectivity index is 2.43. The summed E-state index contributed by atoms with van der Waals surface area (Å²) >= 11 is 0. The number of esters is 1. The standard InChI is InChI=1S/C14H20N2O4/c1-3-15(4-2)9-6-10-20-14(17)12-7-5-8-13(11-12)16(18)19/h5,7-8,11H,3-4,6,9-10H2,1-2H3. The highest BCUT2D eigenvalue weighted by atomic mass is 16.6. The molecule has 1 rings (SSSR count). The predicted molar refractivity (Wildman–Crippen MR) is 75.8 cm³/mol. The third-order valence-corrected chi connectivity index (χ3v) is 3.04. The summed E-state index contributed by atoms with van der Waals surface area (Å²) in [6, 6.07) is 5.56. The van der Waals surface area contributed by atoms with Gasteiger partial charge in [-0.25, -0.2) is 4.79 Å². The molecular formula is C14H20N2O4. The smallest absolute Gasteiger partial charge is 0.338 e. The van der Waals surface area contributed by atoms with Crippen molar-refractivity contribution in [1.82, 2.24) is 4.90 Å². The average Bonchev–Trinajstić information content (AvgIpc) is 2.47. The third-order valence-electron chi connectivity index (χ3n) is 3.04. The van der Waals surface area contributed by atoms with Crippen LogP contribution in [-0.2, 0) is 4.74 Å². The number of ether oxygens (including phenoxy) is 1. The van der Waals surface area contributed by atoms with Gasteiger partial charge in [0.1, 0.15) is 0 Å². The third kappa shape index (κ3) is 4.97. The van der Waals surface area contributed by atoms with Crippen molar-refractivity contribution in [2.24, 2.45) is 0 Å². The quantitative estimate of drug-likeness (QED) is 0.316. The number of nitro groups is 1. The van der Waals surface area contributed by atoms with Crippen molar-refractivity contribution in [3.63, 3.8) is 0 Å². The summed E-state index contributed by atoms with van der Waals surface area (Å²) in [5.41, 5.74) is 0.102. The number of nitrogens with zero attached hydrogens (tertiary/aromatic N) is 2. The van der Waals surface area contributed by atoms with Crippen molar-refractivity contribution in [2.75, 3.05) is 26.2 Å². The Morgan fingerprint density at radius 3 is 2.65 bits per heavy atom. The molecule has 0 saturated heterocycles.